The molecule has 2 rings (SSSR count). The van der Waals surface area contributed by atoms with Crippen molar-refractivity contribution in [2.75, 3.05) is 0 Å². The predicted octanol–water partition coefficient (Wildman–Crippen LogP) is 2.55. The molecule has 0 heterocycles. The summed E-state index contributed by atoms with van der Waals surface area (Å²) in [6.45, 7) is 5.17. The van der Waals surface area contributed by atoms with Crippen LogP contribution in [0.5, 0.6) is 11.5 Å². The number of ketones is 2. The predicted molar refractivity (Wildman–Crippen MR) is 66.3 cm³/mol. The van der Waals surface area contributed by atoms with Crippen molar-refractivity contribution in [3.8, 4) is 11.5 Å². The number of allylic oxidation sites excluding steroid dienone is 2. The van der Waals surface area contributed by atoms with E-state index < -0.39 is 11.6 Å². The van der Waals surface area contributed by atoms with E-state index in [1.165, 1.54) is 19.1 Å². The second-order valence-electron chi connectivity index (χ2n) is 4.76. The maximum absolute atomic E-state index is 11.9. The van der Waals surface area contributed by atoms with Gasteiger partial charge in [-0.2, -0.15) is 0 Å². The lowest BCUT2D eigenvalue weighted by Crippen LogP contribution is -2.17. The molecule has 0 spiro atoms. The number of phenols is 2. The third-order valence-electron chi connectivity index (χ3n) is 3.11. The van der Waals surface area contributed by atoms with Gasteiger partial charge in [0.1, 0.15) is 11.5 Å². The summed E-state index contributed by atoms with van der Waals surface area (Å²) in [7, 11) is 0. The van der Waals surface area contributed by atoms with Crippen molar-refractivity contribution in [3.05, 3.63) is 34.4 Å². The molecule has 0 amide bonds. The lowest BCUT2D eigenvalue weighted by molar-refractivity contribution is 0.0979. The van der Waals surface area contributed by atoms with Gasteiger partial charge in [0.05, 0.1) is 11.1 Å². The molecule has 0 saturated carbocycles. The van der Waals surface area contributed by atoms with Gasteiger partial charge in [-0.05, 0) is 25.0 Å². The quantitative estimate of drug-likeness (QED) is 0.747. The molecule has 0 fully saturated rings. The van der Waals surface area contributed by atoms with E-state index in [-0.39, 0.29) is 34.1 Å². The van der Waals surface area contributed by atoms with E-state index in [0.29, 0.717) is 5.56 Å². The fourth-order valence-corrected chi connectivity index (χ4v) is 2.12. The summed E-state index contributed by atoms with van der Waals surface area (Å²) in [5, 5.41) is 20.0. The number of benzene rings is 1. The minimum absolute atomic E-state index is 0.0592. The van der Waals surface area contributed by atoms with Gasteiger partial charge in [-0.15, -0.1) is 0 Å². The standard InChI is InChI=1S/C14H14O4/c1-6(2)8-5-10(16)11-12(14(8)18)9(15)4-7(3)13(11)17/h4-6,16,18H,1-3H3. The molecule has 18 heavy (non-hydrogen) atoms. The van der Waals surface area contributed by atoms with E-state index in [0.717, 1.165) is 0 Å². The summed E-state index contributed by atoms with van der Waals surface area (Å²) in [4.78, 5) is 23.8. The second-order valence-corrected chi connectivity index (χ2v) is 4.76. The van der Waals surface area contributed by atoms with Gasteiger partial charge in [0.25, 0.3) is 0 Å². The highest BCUT2D eigenvalue weighted by molar-refractivity contribution is 6.26. The van der Waals surface area contributed by atoms with Gasteiger partial charge in [-0.3, -0.25) is 9.59 Å². The number of aromatic hydroxyl groups is 2. The van der Waals surface area contributed by atoms with Crippen LogP contribution in [0.25, 0.3) is 0 Å². The summed E-state index contributed by atoms with van der Waals surface area (Å²) < 4.78 is 0. The lowest BCUT2D eigenvalue weighted by atomic mass is 9.85. The van der Waals surface area contributed by atoms with Crippen molar-refractivity contribution in [1.29, 1.82) is 0 Å². The Morgan fingerprint density at radius 3 is 2.28 bits per heavy atom. The van der Waals surface area contributed by atoms with Crippen LogP contribution in [-0.2, 0) is 0 Å². The van der Waals surface area contributed by atoms with Gasteiger partial charge in [0.2, 0.25) is 0 Å². The Labute approximate surface area is 105 Å². The number of carbonyl (C=O) groups is 2. The first-order valence-electron chi connectivity index (χ1n) is 5.70. The zero-order valence-electron chi connectivity index (χ0n) is 10.4. The maximum Gasteiger partial charge on any atom is 0.193 e. The highest BCUT2D eigenvalue weighted by atomic mass is 16.3. The Morgan fingerprint density at radius 1 is 1.11 bits per heavy atom. The smallest absolute Gasteiger partial charge is 0.193 e. The van der Waals surface area contributed by atoms with Gasteiger partial charge in [-0.25, -0.2) is 0 Å². The Bertz CT molecular complexity index is 594. The number of fused-ring (bicyclic) bond motifs is 1. The third-order valence-corrected chi connectivity index (χ3v) is 3.11. The van der Waals surface area contributed by atoms with Gasteiger partial charge in [-0.1, -0.05) is 13.8 Å². The van der Waals surface area contributed by atoms with E-state index in [1.54, 1.807) is 0 Å². The molecule has 4 nitrogen and oxygen atoms in total. The van der Waals surface area contributed by atoms with Crippen LogP contribution < -0.4 is 0 Å². The molecule has 0 radical (unpaired) electrons. The van der Waals surface area contributed by atoms with Crippen LogP contribution in [0.3, 0.4) is 0 Å². The number of hydrogen-bond acceptors (Lipinski definition) is 4. The molecule has 0 bridgehead atoms. The molecule has 1 aromatic carbocycles. The normalized spacial score (nSPS) is 14.8. The Hall–Kier alpha value is -2.10. The molecule has 4 heteroatoms. The summed E-state index contributed by atoms with van der Waals surface area (Å²) in [6, 6.07) is 1.35. The fraction of sp³-hybridized carbons (Fsp3) is 0.286. The molecule has 0 saturated heterocycles. The topological polar surface area (TPSA) is 74.6 Å². The highest BCUT2D eigenvalue weighted by Crippen LogP contribution is 2.40. The van der Waals surface area contributed by atoms with E-state index >= 15 is 0 Å². The molecule has 2 N–H and O–H groups in total. The first-order valence-corrected chi connectivity index (χ1v) is 5.70. The number of hydrogen-bond donors (Lipinski definition) is 2. The number of carbonyl (C=O) groups excluding carboxylic acids is 2. The number of rotatable bonds is 1. The van der Waals surface area contributed by atoms with Crippen molar-refractivity contribution in [1.82, 2.24) is 0 Å². The van der Waals surface area contributed by atoms with Crippen molar-refractivity contribution >= 4 is 11.6 Å². The van der Waals surface area contributed by atoms with Crippen LogP contribution in [-0.4, -0.2) is 21.8 Å². The zero-order valence-corrected chi connectivity index (χ0v) is 10.4. The summed E-state index contributed by atoms with van der Waals surface area (Å²) in [5.74, 6) is -1.39. The first-order chi connectivity index (χ1) is 8.34. The lowest BCUT2D eigenvalue weighted by Gasteiger charge is -2.19. The largest absolute Gasteiger partial charge is 0.507 e. The van der Waals surface area contributed by atoms with Crippen LogP contribution in [0.2, 0.25) is 0 Å². The molecule has 1 aliphatic rings. The summed E-state index contributed by atoms with van der Waals surface area (Å²) in [5.41, 5.74) is 0.538. The summed E-state index contributed by atoms with van der Waals surface area (Å²) >= 11 is 0. The Morgan fingerprint density at radius 2 is 1.72 bits per heavy atom. The average molecular weight is 246 g/mol. The molecular weight excluding hydrogens is 232 g/mol. The van der Waals surface area contributed by atoms with Gasteiger partial charge >= 0.3 is 0 Å². The minimum Gasteiger partial charge on any atom is -0.507 e. The van der Waals surface area contributed by atoms with Crippen LogP contribution >= 0.6 is 0 Å². The molecule has 1 aliphatic carbocycles. The maximum atomic E-state index is 11.9. The van der Waals surface area contributed by atoms with E-state index in [1.807, 2.05) is 13.8 Å². The van der Waals surface area contributed by atoms with Crippen LogP contribution in [0.15, 0.2) is 17.7 Å². The minimum atomic E-state index is -0.447. The van der Waals surface area contributed by atoms with Gasteiger partial charge in [0, 0.05) is 11.1 Å². The van der Waals surface area contributed by atoms with E-state index in [9.17, 15) is 19.8 Å². The van der Waals surface area contributed by atoms with Crippen LogP contribution in [0, 0.1) is 0 Å². The molecular formula is C14H14O4. The van der Waals surface area contributed by atoms with Crippen LogP contribution in [0.1, 0.15) is 53.0 Å². The second kappa shape index (κ2) is 3.98. The van der Waals surface area contributed by atoms with E-state index in [4.69, 9.17) is 0 Å². The highest BCUT2D eigenvalue weighted by Gasteiger charge is 2.31. The van der Waals surface area contributed by atoms with Crippen molar-refractivity contribution in [3.63, 3.8) is 0 Å². The monoisotopic (exact) mass is 246 g/mol. The molecule has 0 aliphatic heterocycles. The van der Waals surface area contributed by atoms with Crippen LogP contribution in [0.4, 0.5) is 0 Å². The summed E-state index contributed by atoms with van der Waals surface area (Å²) in [6.07, 6.45) is 1.19. The van der Waals surface area contributed by atoms with Gasteiger partial charge in [0.15, 0.2) is 11.6 Å². The third kappa shape index (κ3) is 1.61. The number of phenolic OH excluding ortho intramolecular Hbond substituents is 2. The van der Waals surface area contributed by atoms with Gasteiger partial charge < -0.3 is 10.2 Å². The Kier molecular flexibility index (Phi) is 2.73. The molecule has 0 unspecified atom stereocenters. The SMILES string of the molecule is CC1=CC(=O)c2c(O)c(C(C)C)cc(O)c2C1=O. The fourth-order valence-electron chi connectivity index (χ4n) is 2.12. The molecule has 0 atom stereocenters. The van der Waals surface area contributed by atoms with Crippen molar-refractivity contribution in [2.45, 2.75) is 26.7 Å². The average Bonchev–Trinajstić information content (AvgIpc) is 2.28. The van der Waals surface area contributed by atoms with Crippen molar-refractivity contribution < 1.29 is 19.8 Å². The first kappa shape index (κ1) is 12.4. The Balaban J connectivity index is 2.82. The number of Topliss-reactive ketones (excluding diaryl/α,β-unsaturated/α-hetero) is 1. The molecule has 0 aromatic heterocycles. The molecule has 1 aromatic rings. The zero-order chi connectivity index (χ0) is 13.6. The van der Waals surface area contributed by atoms with E-state index in [2.05, 4.69) is 0 Å². The molecule has 94 valence electrons. The van der Waals surface area contributed by atoms with Crippen molar-refractivity contribution in [2.24, 2.45) is 0 Å².